The molecule has 3 rings (SSSR count). The molecule has 0 fully saturated rings. The van der Waals surface area contributed by atoms with E-state index < -0.39 is 5.82 Å². The summed E-state index contributed by atoms with van der Waals surface area (Å²) in [5.41, 5.74) is 3.63. The Labute approximate surface area is 162 Å². The Hall–Kier alpha value is -2.63. The summed E-state index contributed by atoms with van der Waals surface area (Å²) in [5, 5.41) is 13.5. The number of methoxy groups -OCH3 is 1. The van der Waals surface area contributed by atoms with Crippen molar-refractivity contribution >= 4 is 17.4 Å². The first-order valence-electron chi connectivity index (χ1n) is 8.48. The van der Waals surface area contributed by atoms with Crippen molar-refractivity contribution in [3.8, 4) is 28.1 Å². The first-order valence-corrected chi connectivity index (χ1v) is 8.86. The Morgan fingerprint density at radius 3 is 2.67 bits per heavy atom. The van der Waals surface area contributed by atoms with Crippen molar-refractivity contribution < 1.29 is 14.2 Å². The van der Waals surface area contributed by atoms with E-state index in [0.717, 1.165) is 11.1 Å². The van der Waals surface area contributed by atoms with Gasteiger partial charge in [0, 0.05) is 19.2 Å². The number of halogens is 2. The lowest BCUT2D eigenvalue weighted by Crippen LogP contribution is -2.09. The molecule has 2 N–H and O–H groups in total. The SMILES string of the molecule is COCCNc1cc(-c2ccc(Cl)c(F)c2)cc(-c2cc(C)ccc2O)n1. The van der Waals surface area contributed by atoms with Gasteiger partial charge in [0.1, 0.15) is 17.4 Å². The molecule has 1 aromatic heterocycles. The fourth-order valence-electron chi connectivity index (χ4n) is 2.74. The third-order valence-electron chi connectivity index (χ3n) is 4.12. The Bertz CT molecular complexity index is 963. The van der Waals surface area contributed by atoms with Gasteiger partial charge in [-0.3, -0.25) is 0 Å². The van der Waals surface area contributed by atoms with Crippen molar-refractivity contribution in [2.75, 3.05) is 25.6 Å². The van der Waals surface area contributed by atoms with Gasteiger partial charge < -0.3 is 15.2 Å². The van der Waals surface area contributed by atoms with Crippen LogP contribution in [0.1, 0.15) is 5.56 Å². The molecule has 0 saturated carbocycles. The zero-order valence-corrected chi connectivity index (χ0v) is 15.8. The minimum absolute atomic E-state index is 0.0720. The highest BCUT2D eigenvalue weighted by Gasteiger charge is 2.12. The predicted molar refractivity (Wildman–Crippen MR) is 107 cm³/mol. The highest BCUT2D eigenvalue weighted by Crippen LogP contribution is 2.34. The fourth-order valence-corrected chi connectivity index (χ4v) is 2.86. The number of ether oxygens (including phenoxy) is 1. The van der Waals surface area contributed by atoms with Crippen LogP contribution in [0, 0.1) is 12.7 Å². The fraction of sp³-hybridized carbons (Fsp3) is 0.190. The number of nitrogens with zero attached hydrogens (tertiary/aromatic N) is 1. The number of nitrogens with one attached hydrogen (secondary N) is 1. The molecule has 0 aliphatic heterocycles. The lowest BCUT2D eigenvalue weighted by Gasteiger charge is -2.13. The Kier molecular flexibility index (Phi) is 5.94. The number of aromatic hydroxyl groups is 1. The van der Waals surface area contributed by atoms with Gasteiger partial charge in [0.15, 0.2) is 0 Å². The van der Waals surface area contributed by atoms with Gasteiger partial charge >= 0.3 is 0 Å². The number of pyridine rings is 1. The summed E-state index contributed by atoms with van der Waals surface area (Å²) in [6.45, 7) is 3.03. The maximum absolute atomic E-state index is 13.9. The van der Waals surface area contributed by atoms with Crippen LogP contribution in [0.3, 0.4) is 0 Å². The van der Waals surface area contributed by atoms with Gasteiger partial charge in [-0.15, -0.1) is 0 Å². The second-order valence-electron chi connectivity index (χ2n) is 6.20. The molecule has 140 valence electrons. The number of hydrogen-bond donors (Lipinski definition) is 2. The monoisotopic (exact) mass is 386 g/mol. The highest BCUT2D eigenvalue weighted by molar-refractivity contribution is 6.30. The topological polar surface area (TPSA) is 54.4 Å². The van der Waals surface area contributed by atoms with Crippen molar-refractivity contribution in [1.82, 2.24) is 4.98 Å². The van der Waals surface area contributed by atoms with E-state index in [2.05, 4.69) is 10.3 Å². The van der Waals surface area contributed by atoms with Crippen molar-refractivity contribution in [2.45, 2.75) is 6.92 Å². The maximum atomic E-state index is 13.9. The molecule has 0 aliphatic carbocycles. The molecule has 0 amide bonds. The van der Waals surface area contributed by atoms with Gasteiger partial charge in [-0.25, -0.2) is 9.37 Å². The minimum Gasteiger partial charge on any atom is -0.507 e. The highest BCUT2D eigenvalue weighted by atomic mass is 35.5. The molecule has 0 atom stereocenters. The van der Waals surface area contributed by atoms with Crippen molar-refractivity contribution in [1.29, 1.82) is 0 Å². The van der Waals surface area contributed by atoms with Crippen LogP contribution >= 0.6 is 11.6 Å². The molecule has 0 aliphatic rings. The smallest absolute Gasteiger partial charge is 0.142 e. The van der Waals surface area contributed by atoms with Gasteiger partial charge in [0.05, 0.1) is 17.3 Å². The van der Waals surface area contributed by atoms with E-state index in [9.17, 15) is 9.50 Å². The summed E-state index contributed by atoms with van der Waals surface area (Å²) in [7, 11) is 1.62. The van der Waals surface area contributed by atoms with E-state index in [1.807, 2.05) is 31.2 Å². The van der Waals surface area contributed by atoms with E-state index in [4.69, 9.17) is 16.3 Å². The summed E-state index contributed by atoms with van der Waals surface area (Å²) >= 11 is 5.80. The molecule has 0 unspecified atom stereocenters. The molecule has 2 aromatic carbocycles. The first-order chi connectivity index (χ1) is 13.0. The number of benzene rings is 2. The van der Waals surface area contributed by atoms with E-state index in [0.29, 0.717) is 35.8 Å². The van der Waals surface area contributed by atoms with E-state index in [1.54, 1.807) is 19.2 Å². The Morgan fingerprint density at radius 2 is 1.93 bits per heavy atom. The largest absolute Gasteiger partial charge is 0.507 e. The van der Waals surface area contributed by atoms with Gasteiger partial charge in [-0.2, -0.15) is 0 Å². The Morgan fingerprint density at radius 1 is 1.11 bits per heavy atom. The normalized spacial score (nSPS) is 10.8. The lowest BCUT2D eigenvalue weighted by atomic mass is 10.0. The molecule has 4 nitrogen and oxygen atoms in total. The molecule has 0 bridgehead atoms. The molecular weight excluding hydrogens is 367 g/mol. The van der Waals surface area contributed by atoms with Crippen LogP contribution in [-0.2, 0) is 4.74 Å². The summed E-state index contributed by atoms with van der Waals surface area (Å²) < 4.78 is 19.0. The molecule has 0 saturated heterocycles. The molecule has 3 aromatic rings. The number of phenols is 1. The van der Waals surface area contributed by atoms with Crippen LogP contribution in [-0.4, -0.2) is 30.4 Å². The molecular formula is C21H20ClFN2O2. The number of phenolic OH excluding ortho intramolecular Hbond substituents is 1. The average molecular weight is 387 g/mol. The summed E-state index contributed by atoms with van der Waals surface area (Å²) in [6, 6.07) is 13.6. The van der Waals surface area contributed by atoms with Gasteiger partial charge in [0.25, 0.3) is 0 Å². The second kappa shape index (κ2) is 8.37. The number of anilines is 1. The summed E-state index contributed by atoms with van der Waals surface area (Å²) in [6.07, 6.45) is 0. The number of hydrogen-bond acceptors (Lipinski definition) is 4. The van der Waals surface area contributed by atoms with Crippen LogP contribution in [0.25, 0.3) is 22.4 Å². The van der Waals surface area contributed by atoms with Gasteiger partial charge in [0.2, 0.25) is 0 Å². The average Bonchev–Trinajstić information content (AvgIpc) is 2.66. The zero-order chi connectivity index (χ0) is 19.4. The number of aryl methyl sites for hydroxylation is 1. The standard InChI is InChI=1S/C21H20ClFN2O2/c1-13-3-6-20(26)16(9-13)19-11-15(12-21(25-19)24-7-8-27-2)14-4-5-17(22)18(23)10-14/h3-6,9-12,26H,7-8H2,1-2H3,(H,24,25). The number of rotatable bonds is 6. The van der Waals surface area contributed by atoms with Crippen LogP contribution < -0.4 is 5.32 Å². The van der Waals surface area contributed by atoms with Gasteiger partial charge in [-0.1, -0.05) is 29.3 Å². The van der Waals surface area contributed by atoms with Gasteiger partial charge in [-0.05, 0) is 54.4 Å². The maximum Gasteiger partial charge on any atom is 0.142 e. The van der Waals surface area contributed by atoms with E-state index in [-0.39, 0.29) is 10.8 Å². The van der Waals surface area contributed by atoms with E-state index in [1.165, 1.54) is 12.1 Å². The van der Waals surface area contributed by atoms with E-state index >= 15 is 0 Å². The quantitative estimate of drug-likeness (QED) is 0.566. The van der Waals surface area contributed by atoms with Crippen LogP contribution in [0.5, 0.6) is 5.75 Å². The van der Waals surface area contributed by atoms with Crippen molar-refractivity contribution in [3.05, 3.63) is 64.9 Å². The third kappa shape index (κ3) is 4.56. The van der Waals surface area contributed by atoms with Crippen molar-refractivity contribution in [3.63, 3.8) is 0 Å². The summed E-state index contributed by atoms with van der Waals surface area (Å²) in [4.78, 5) is 4.60. The predicted octanol–water partition coefficient (Wildman–Crippen LogP) is 5.28. The van der Waals surface area contributed by atoms with Crippen LogP contribution in [0.2, 0.25) is 5.02 Å². The third-order valence-corrected chi connectivity index (χ3v) is 4.43. The summed E-state index contributed by atoms with van der Waals surface area (Å²) in [5.74, 6) is 0.256. The number of aromatic nitrogens is 1. The Balaban J connectivity index is 2.10. The lowest BCUT2D eigenvalue weighted by molar-refractivity contribution is 0.210. The van der Waals surface area contributed by atoms with Crippen molar-refractivity contribution in [2.24, 2.45) is 0 Å². The van der Waals surface area contributed by atoms with Crippen LogP contribution in [0.4, 0.5) is 10.2 Å². The minimum atomic E-state index is -0.486. The van der Waals surface area contributed by atoms with Crippen LogP contribution in [0.15, 0.2) is 48.5 Å². The second-order valence-corrected chi connectivity index (χ2v) is 6.60. The molecule has 27 heavy (non-hydrogen) atoms. The molecule has 0 radical (unpaired) electrons. The zero-order valence-electron chi connectivity index (χ0n) is 15.1. The first kappa shape index (κ1) is 19.1. The molecule has 6 heteroatoms. The molecule has 0 spiro atoms. The molecule has 1 heterocycles.